The molecule has 2 fully saturated rings. The van der Waals surface area contributed by atoms with Crippen LogP contribution >= 0.6 is 0 Å². The summed E-state index contributed by atoms with van der Waals surface area (Å²) < 4.78 is 0. The lowest BCUT2D eigenvalue weighted by atomic mass is 10.0. The minimum absolute atomic E-state index is 0.697. The molecule has 2 nitrogen and oxygen atoms in total. The molecule has 0 aromatic heterocycles. The lowest BCUT2D eigenvalue weighted by Gasteiger charge is -2.36. The molecule has 0 amide bonds. The van der Waals surface area contributed by atoms with Crippen LogP contribution in [-0.4, -0.2) is 23.3 Å². The summed E-state index contributed by atoms with van der Waals surface area (Å²) in [5.41, 5.74) is 0. The number of likely N-dealkylation sites (tertiary alicyclic amines) is 1. The molecule has 0 bridgehead atoms. The Morgan fingerprint density at radius 1 is 1.07 bits per heavy atom. The summed E-state index contributed by atoms with van der Waals surface area (Å²) in [5, 5.41) is 8.03. The second-order valence-corrected chi connectivity index (χ2v) is 5.36. The first kappa shape index (κ1) is 11.0. The van der Waals surface area contributed by atoms with Gasteiger partial charge in [-0.2, -0.15) is 0 Å². The average Bonchev–Trinajstić information content (AvgIpc) is 2.44. The zero-order chi connectivity index (χ0) is 10.7. The molecular weight excluding hydrogens is 184 g/mol. The van der Waals surface area contributed by atoms with Crippen LogP contribution < -0.4 is 0 Å². The molecule has 1 aliphatic carbocycles. The molecule has 2 heteroatoms. The smallest absolute Gasteiger partial charge is 0.0960 e. The lowest BCUT2D eigenvalue weighted by Crippen LogP contribution is -2.42. The summed E-state index contributed by atoms with van der Waals surface area (Å²) in [7, 11) is 0. The van der Waals surface area contributed by atoms with E-state index in [-0.39, 0.29) is 0 Å². The molecular formula is C13H24N2. The van der Waals surface area contributed by atoms with Gasteiger partial charge >= 0.3 is 0 Å². The zero-order valence-corrected chi connectivity index (χ0v) is 9.97. The molecule has 1 heterocycles. The molecule has 0 radical (unpaired) electrons. The highest BCUT2D eigenvalue weighted by Crippen LogP contribution is 2.28. The van der Waals surface area contributed by atoms with Crippen LogP contribution in [0.4, 0.5) is 0 Å². The Bertz CT molecular complexity index is 225. The Morgan fingerprint density at radius 3 is 2.73 bits per heavy atom. The van der Waals surface area contributed by atoms with Crippen LogP contribution in [0.1, 0.15) is 58.3 Å². The van der Waals surface area contributed by atoms with Crippen LogP contribution in [0.5, 0.6) is 0 Å². The Hall–Kier alpha value is -0.530. The van der Waals surface area contributed by atoms with Crippen molar-refractivity contribution in [1.82, 2.24) is 4.90 Å². The molecule has 2 aliphatic rings. The molecule has 86 valence electrons. The molecule has 2 unspecified atom stereocenters. The van der Waals surface area contributed by atoms with E-state index in [0.29, 0.717) is 6.04 Å². The number of hydrogen-bond donors (Lipinski definition) is 1. The van der Waals surface area contributed by atoms with E-state index in [0.717, 1.165) is 24.7 Å². The van der Waals surface area contributed by atoms with Gasteiger partial charge in [0.25, 0.3) is 0 Å². The summed E-state index contributed by atoms with van der Waals surface area (Å²) in [6.45, 7) is 3.53. The van der Waals surface area contributed by atoms with Gasteiger partial charge in [-0.25, -0.2) is 0 Å². The van der Waals surface area contributed by atoms with Gasteiger partial charge in [-0.15, -0.1) is 0 Å². The van der Waals surface area contributed by atoms with E-state index in [4.69, 9.17) is 5.41 Å². The normalized spacial score (nSPS) is 33.9. The van der Waals surface area contributed by atoms with Crippen LogP contribution in [0.2, 0.25) is 0 Å². The highest BCUT2D eigenvalue weighted by Gasteiger charge is 2.25. The molecule has 15 heavy (non-hydrogen) atoms. The number of amidine groups is 1. The Morgan fingerprint density at radius 2 is 1.93 bits per heavy atom. The van der Waals surface area contributed by atoms with E-state index >= 15 is 0 Å². The van der Waals surface area contributed by atoms with Gasteiger partial charge in [-0.05, 0) is 38.0 Å². The van der Waals surface area contributed by atoms with Crippen LogP contribution in [-0.2, 0) is 0 Å². The first-order valence-electron chi connectivity index (χ1n) is 6.61. The summed E-state index contributed by atoms with van der Waals surface area (Å²) in [6, 6.07) is 0.697. The molecule has 1 saturated heterocycles. The first-order chi connectivity index (χ1) is 7.27. The number of piperidine rings is 1. The van der Waals surface area contributed by atoms with Crippen LogP contribution in [0.25, 0.3) is 0 Å². The van der Waals surface area contributed by atoms with Crippen LogP contribution in [0.15, 0.2) is 0 Å². The summed E-state index contributed by atoms with van der Waals surface area (Å²) in [4.78, 5) is 2.40. The van der Waals surface area contributed by atoms with Crippen molar-refractivity contribution < 1.29 is 0 Å². The Kier molecular flexibility index (Phi) is 3.66. The van der Waals surface area contributed by atoms with Crippen molar-refractivity contribution in [3.63, 3.8) is 0 Å². The molecule has 1 aliphatic heterocycles. The van der Waals surface area contributed by atoms with E-state index in [9.17, 15) is 0 Å². The van der Waals surface area contributed by atoms with E-state index in [2.05, 4.69) is 11.8 Å². The van der Waals surface area contributed by atoms with Gasteiger partial charge in [0.15, 0.2) is 0 Å². The largest absolute Gasteiger partial charge is 0.358 e. The van der Waals surface area contributed by atoms with Crippen LogP contribution in [0, 0.1) is 11.3 Å². The topological polar surface area (TPSA) is 27.1 Å². The minimum Gasteiger partial charge on any atom is -0.358 e. The van der Waals surface area contributed by atoms with Crippen LogP contribution in [0.3, 0.4) is 0 Å². The number of hydrogen-bond acceptors (Lipinski definition) is 1. The van der Waals surface area contributed by atoms with Gasteiger partial charge in [-0.1, -0.05) is 19.8 Å². The molecule has 0 spiro atoms. The predicted octanol–water partition coefficient (Wildman–Crippen LogP) is 3.42. The predicted molar refractivity (Wildman–Crippen MR) is 64.3 cm³/mol. The summed E-state index contributed by atoms with van der Waals surface area (Å²) in [6.07, 6.45) is 10.3. The van der Waals surface area contributed by atoms with Crippen molar-refractivity contribution in [3.05, 3.63) is 0 Å². The number of nitrogens with zero attached hydrogens (tertiary/aromatic N) is 1. The number of nitrogens with one attached hydrogen (secondary N) is 1. The van der Waals surface area contributed by atoms with Gasteiger partial charge in [0.2, 0.25) is 0 Å². The van der Waals surface area contributed by atoms with Crippen molar-refractivity contribution in [2.75, 3.05) is 6.54 Å². The molecule has 1 saturated carbocycles. The summed E-state index contributed by atoms with van der Waals surface area (Å²) >= 11 is 0. The summed E-state index contributed by atoms with van der Waals surface area (Å²) in [5.74, 6) is 1.83. The third-order valence-corrected chi connectivity index (χ3v) is 4.08. The van der Waals surface area contributed by atoms with E-state index in [1.54, 1.807) is 0 Å². The van der Waals surface area contributed by atoms with Gasteiger partial charge in [-0.3, -0.25) is 5.41 Å². The molecule has 1 N–H and O–H groups in total. The van der Waals surface area contributed by atoms with Gasteiger partial charge in [0, 0.05) is 19.0 Å². The quantitative estimate of drug-likeness (QED) is 0.657. The average molecular weight is 208 g/mol. The van der Waals surface area contributed by atoms with Gasteiger partial charge < -0.3 is 4.90 Å². The van der Waals surface area contributed by atoms with E-state index < -0.39 is 0 Å². The minimum atomic E-state index is 0.697. The third kappa shape index (κ3) is 2.73. The monoisotopic (exact) mass is 208 g/mol. The van der Waals surface area contributed by atoms with Gasteiger partial charge in [0.1, 0.15) is 0 Å². The molecule has 2 rings (SSSR count). The Labute approximate surface area is 93.6 Å². The maximum Gasteiger partial charge on any atom is 0.0960 e. The number of rotatable bonds is 1. The maximum absolute atomic E-state index is 8.03. The fourth-order valence-electron chi connectivity index (χ4n) is 3.04. The van der Waals surface area contributed by atoms with Gasteiger partial charge in [0.05, 0.1) is 5.84 Å². The fraction of sp³-hybridized carbons (Fsp3) is 0.923. The lowest BCUT2D eigenvalue weighted by molar-refractivity contribution is 0.254. The van der Waals surface area contributed by atoms with Crippen molar-refractivity contribution >= 4 is 5.84 Å². The second-order valence-electron chi connectivity index (χ2n) is 5.36. The second kappa shape index (κ2) is 5.00. The highest BCUT2D eigenvalue weighted by atomic mass is 15.2. The fourth-order valence-corrected chi connectivity index (χ4v) is 3.04. The zero-order valence-electron chi connectivity index (χ0n) is 9.97. The van der Waals surface area contributed by atoms with E-state index in [1.165, 1.54) is 44.9 Å². The molecule has 2 atom stereocenters. The van der Waals surface area contributed by atoms with Crippen molar-refractivity contribution in [3.8, 4) is 0 Å². The standard InChI is InChI=1S/C13H24N2/c1-11-5-4-6-12(9-8-11)15-10-3-2-7-13(15)14/h11-12,14H,2-10H2,1H3. The van der Waals surface area contributed by atoms with E-state index in [1.807, 2.05) is 0 Å². The molecule has 0 aromatic rings. The Balaban J connectivity index is 1.93. The first-order valence-corrected chi connectivity index (χ1v) is 6.61. The van der Waals surface area contributed by atoms with Crippen molar-refractivity contribution in [2.45, 2.75) is 64.3 Å². The van der Waals surface area contributed by atoms with Crippen molar-refractivity contribution in [2.24, 2.45) is 5.92 Å². The third-order valence-electron chi connectivity index (χ3n) is 4.08. The molecule has 0 aromatic carbocycles. The SMILES string of the molecule is CC1CCCC(N2CCCCC2=N)CC1. The van der Waals surface area contributed by atoms with Crippen molar-refractivity contribution in [1.29, 1.82) is 5.41 Å². The maximum atomic E-state index is 8.03. The highest BCUT2D eigenvalue weighted by molar-refractivity contribution is 5.80.